The largest absolute Gasteiger partial charge is 0.573 e. The van der Waals surface area contributed by atoms with E-state index < -0.39 is 6.36 Å². The van der Waals surface area contributed by atoms with Gasteiger partial charge in [0.25, 0.3) is 0 Å². The molecule has 2 aromatic heterocycles. The van der Waals surface area contributed by atoms with Gasteiger partial charge in [-0.15, -0.1) is 18.3 Å². The molecule has 7 nitrogen and oxygen atoms in total. The summed E-state index contributed by atoms with van der Waals surface area (Å²) in [7, 11) is 0. The lowest BCUT2D eigenvalue weighted by Gasteiger charge is -2.09. The smallest absolute Gasteiger partial charge is 0.406 e. The van der Waals surface area contributed by atoms with Crippen molar-refractivity contribution in [2.75, 3.05) is 11.1 Å². The van der Waals surface area contributed by atoms with Crippen LogP contribution in [-0.4, -0.2) is 37.6 Å². The molecule has 0 bridgehead atoms. The molecule has 0 saturated carbocycles. The molecule has 4 aromatic rings. The Balaban J connectivity index is 1.40. The highest BCUT2D eigenvalue weighted by Crippen LogP contribution is 2.25. The maximum atomic E-state index is 12.2. The van der Waals surface area contributed by atoms with Crippen molar-refractivity contribution in [3.8, 4) is 5.75 Å². The minimum absolute atomic E-state index is 0.0628. The van der Waals surface area contributed by atoms with E-state index in [4.69, 9.17) is 0 Å². The molecular formula is C17H12F3N5O2S. The molecule has 11 heteroatoms. The summed E-state index contributed by atoms with van der Waals surface area (Å²) < 4.78 is 42.1. The molecular weight excluding hydrogens is 395 g/mol. The van der Waals surface area contributed by atoms with Crippen LogP contribution in [0.25, 0.3) is 16.8 Å². The molecule has 0 radical (unpaired) electrons. The minimum Gasteiger partial charge on any atom is -0.406 e. The van der Waals surface area contributed by atoms with E-state index in [1.807, 2.05) is 28.7 Å². The highest BCUT2D eigenvalue weighted by Gasteiger charge is 2.30. The Hall–Kier alpha value is -3.21. The number of H-pyrrole nitrogens is 1. The number of hydrogen-bond acceptors (Lipinski definition) is 5. The van der Waals surface area contributed by atoms with Crippen molar-refractivity contribution in [1.29, 1.82) is 0 Å². The molecule has 2 heterocycles. The van der Waals surface area contributed by atoms with Crippen LogP contribution in [0.2, 0.25) is 0 Å². The Labute approximate surface area is 159 Å². The summed E-state index contributed by atoms with van der Waals surface area (Å²) in [6.07, 6.45) is -4.76. The second kappa shape index (κ2) is 7.08. The van der Waals surface area contributed by atoms with Crippen molar-refractivity contribution in [3.05, 3.63) is 48.5 Å². The molecule has 28 heavy (non-hydrogen) atoms. The van der Waals surface area contributed by atoms with E-state index in [0.29, 0.717) is 16.6 Å². The van der Waals surface area contributed by atoms with Crippen LogP contribution >= 0.6 is 11.8 Å². The number of benzene rings is 2. The fourth-order valence-corrected chi connectivity index (χ4v) is 3.36. The van der Waals surface area contributed by atoms with Crippen LogP contribution in [0.15, 0.2) is 53.7 Å². The summed E-state index contributed by atoms with van der Waals surface area (Å²) in [4.78, 5) is 16.6. The van der Waals surface area contributed by atoms with Gasteiger partial charge < -0.3 is 10.1 Å². The van der Waals surface area contributed by atoms with E-state index in [-0.39, 0.29) is 17.4 Å². The van der Waals surface area contributed by atoms with Gasteiger partial charge >= 0.3 is 6.36 Å². The van der Waals surface area contributed by atoms with Gasteiger partial charge in [-0.05, 0) is 36.4 Å². The number of nitrogens with zero attached hydrogens (tertiary/aromatic N) is 3. The quantitative estimate of drug-likeness (QED) is 0.491. The molecule has 0 unspecified atom stereocenters. The zero-order valence-corrected chi connectivity index (χ0v) is 14.8. The number of rotatable bonds is 5. The van der Waals surface area contributed by atoms with Gasteiger partial charge in [-0.1, -0.05) is 23.9 Å². The lowest BCUT2D eigenvalue weighted by Crippen LogP contribution is -2.17. The summed E-state index contributed by atoms with van der Waals surface area (Å²) >= 11 is 1.21. The fourth-order valence-electron chi connectivity index (χ4n) is 2.61. The monoisotopic (exact) mass is 407 g/mol. The number of carbonyl (C=O) groups is 1. The molecule has 2 aromatic carbocycles. The molecule has 1 amide bonds. The van der Waals surface area contributed by atoms with Gasteiger partial charge in [-0.25, -0.2) is 10.1 Å². The molecule has 144 valence electrons. The number of amides is 1. The number of para-hydroxylation sites is 2. The molecule has 0 aliphatic rings. The van der Waals surface area contributed by atoms with Crippen molar-refractivity contribution in [2.24, 2.45) is 0 Å². The molecule has 4 rings (SSSR count). The number of imidazole rings is 1. The van der Waals surface area contributed by atoms with Crippen LogP contribution < -0.4 is 10.1 Å². The van der Waals surface area contributed by atoms with Crippen molar-refractivity contribution in [2.45, 2.75) is 11.5 Å². The van der Waals surface area contributed by atoms with E-state index in [1.165, 1.54) is 23.9 Å². The fraction of sp³-hybridized carbons (Fsp3) is 0.118. The average Bonchev–Trinajstić information content (AvgIpc) is 3.19. The number of halogens is 3. The Morgan fingerprint density at radius 1 is 1.18 bits per heavy atom. The number of hydrogen-bond donors (Lipinski definition) is 2. The van der Waals surface area contributed by atoms with Crippen LogP contribution in [0.1, 0.15) is 0 Å². The predicted molar refractivity (Wildman–Crippen MR) is 97.3 cm³/mol. The van der Waals surface area contributed by atoms with Crippen LogP contribution in [0.5, 0.6) is 5.75 Å². The molecule has 0 fully saturated rings. The highest BCUT2D eigenvalue weighted by molar-refractivity contribution is 7.99. The van der Waals surface area contributed by atoms with E-state index >= 15 is 0 Å². The molecule has 2 N–H and O–H groups in total. The maximum Gasteiger partial charge on any atom is 0.573 e. The summed E-state index contributed by atoms with van der Waals surface area (Å²) in [6.45, 7) is 0. The number of aromatic nitrogens is 4. The summed E-state index contributed by atoms with van der Waals surface area (Å²) in [5.74, 6) is -0.0435. The first-order valence-electron chi connectivity index (χ1n) is 7.99. The van der Waals surface area contributed by atoms with Gasteiger partial charge in [-0.3, -0.25) is 9.20 Å². The maximum absolute atomic E-state index is 12.2. The normalized spacial score (nSPS) is 11.8. The van der Waals surface area contributed by atoms with Crippen molar-refractivity contribution >= 4 is 40.2 Å². The third kappa shape index (κ3) is 3.88. The lowest BCUT2D eigenvalue weighted by atomic mass is 10.3. The number of nitrogens with one attached hydrogen (secondary N) is 2. The van der Waals surface area contributed by atoms with E-state index in [2.05, 4.69) is 25.2 Å². The Morgan fingerprint density at radius 3 is 2.68 bits per heavy atom. The van der Waals surface area contributed by atoms with Gasteiger partial charge in [0.1, 0.15) is 5.75 Å². The molecule has 0 atom stereocenters. The topological polar surface area (TPSA) is 84.3 Å². The third-order valence-electron chi connectivity index (χ3n) is 3.71. The van der Waals surface area contributed by atoms with Crippen LogP contribution in [0.4, 0.5) is 18.9 Å². The molecule has 0 spiro atoms. The minimum atomic E-state index is -4.76. The van der Waals surface area contributed by atoms with Crippen molar-refractivity contribution < 1.29 is 22.7 Å². The Kier molecular flexibility index (Phi) is 4.59. The van der Waals surface area contributed by atoms with E-state index in [0.717, 1.165) is 23.2 Å². The molecule has 0 saturated heterocycles. The summed E-state index contributed by atoms with van der Waals surface area (Å²) in [5, 5.41) is 10.2. The molecule has 0 aliphatic heterocycles. The first kappa shape index (κ1) is 18.2. The van der Waals surface area contributed by atoms with Crippen molar-refractivity contribution in [1.82, 2.24) is 19.6 Å². The van der Waals surface area contributed by atoms with E-state index in [1.54, 1.807) is 0 Å². The first-order valence-corrected chi connectivity index (χ1v) is 8.98. The second-order valence-corrected chi connectivity index (χ2v) is 6.62. The number of aromatic amines is 1. The standard InChI is InChI=1S/C17H12F3N5O2S/c18-17(19,20)27-11-7-5-10(6-8-11)21-14(26)9-28-16-24-23-15-22-12-3-1-2-4-13(12)25(15)16/h1-8H,9H2,(H,21,26)(H,22,23). The van der Waals surface area contributed by atoms with Gasteiger partial charge in [0, 0.05) is 5.69 Å². The third-order valence-corrected chi connectivity index (χ3v) is 4.65. The zero-order valence-electron chi connectivity index (χ0n) is 14.0. The zero-order chi connectivity index (χ0) is 19.7. The number of carbonyl (C=O) groups excluding carboxylic acids is 1. The summed E-state index contributed by atoms with van der Waals surface area (Å²) in [5.41, 5.74) is 2.04. The second-order valence-electron chi connectivity index (χ2n) is 5.67. The highest BCUT2D eigenvalue weighted by atomic mass is 32.2. The Morgan fingerprint density at radius 2 is 1.93 bits per heavy atom. The molecule has 0 aliphatic carbocycles. The van der Waals surface area contributed by atoms with Crippen molar-refractivity contribution in [3.63, 3.8) is 0 Å². The number of fused-ring (bicyclic) bond motifs is 3. The summed E-state index contributed by atoms with van der Waals surface area (Å²) in [6, 6.07) is 12.5. The lowest BCUT2D eigenvalue weighted by molar-refractivity contribution is -0.274. The number of alkyl halides is 3. The number of thioether (sulfide) groups is 1. The van der Waals surface area contributed by atoms with Crippen LogP contribution in [0.3, 0.4) is 0 Å². The Bertz CT molecular complexity index is 1140. The predicted octanol–water partition coefficient (Wildman–Crippen LogP) is 3.84. The van der Waals surface area contributed by atoms with Crippen LogP contribution in [-0.2, 0) is 4.79 Å². The first-order chi connectivity index (χ1) is 13.4. The van der Waals surface area contributed by atoms with Gasteiger partial charge in [0.2, 0.25) is 11.7 Å². The van der Waals surface area contributed by atoms with Gasteiger partial charge in [0.15, 0.2) is 5.16 Å². The average molecular weight is 407 g/mol. The number of anilines is 1. The SMILES string of the molecule is O=C(CSc1n[nH]c2nc3ccccc3n12)Nc1ccc(OC(F)(F)F)cc1. The van der Waals surface area contributed by atoms with Gasteiger partial charge in [0.05, 0.1) is 16.8 Å². The van der Waals surface area contributed by atoms with Gasteiger partial charge in [-0.2, -0.15) is 0 Å². The number of ether oxygens (including phenoxy) is 1. The van der Waals surface area contributed by atoms with E-state index in [9.17, 15) is 18.0 Å². The van der Waals surface area contributed by atoms with Crippen LogP contribution in [0, 0.1) is 0 Å².